The van der Waals surface area contributed by atoms with E-state index >= 15 is 0 Å². The van der Waals surface area contributed by atoms with Gasteiger partial charge in [-0.3, -0.25) is 19.3 Å². The summed E-state index contributed by atoms with van der Waals surface area (Å²) in [5.74, 6) is -2.60. The zero-order valence-electron chi connectivity index (χ0n) is 23.4. The average molecular weight is 555 g/mol. The molecule has 2 heterocycles. The minimum Gasteiger partial charge on any atom is -0.486 e. The van der Waals surface area contributed by atoms with Gasteiger partial charge in [0.05, 0.1) is 22.9 Å². The molecule has 0 spiro atoms. The number of benzene rings is 2. The third-order valence-electron chi connectivity index (χ3n) is 7.87. The Morgan fingerprint density at radius 2 is 1.32 bits per heavy atom. The lowest BCUT2D eigenvalue weighted by molar-refractivity contribution is -0.119. The number of hydrogen-bond acceptors (Lipinski definition) is 4. The summed E-state index contributed by atoms with van der Waals surface area (Å²) in [7, 11) is 0. The van der Waals surface area contributed by atoms with Crippen LogP contribution >= 0.6 is 0 Å². The normalized spacial score (nSPS) is 16.2. The Morgan fingerprint density at radius 1 is 0.800 bits per heavy atom. The molecule has 2 aliphatic rings. The first-order valence-corrected chi connectivity index (χ1v) is 14.8. The van der Waals surface area contributed by atoms with Crippen LogP contribution in [0.4, 0.5) is 14.5 Å². The van der Waals surface area contributed by atoms with Crippen molar-refractivity contribution >= 4 is 23.4 Å². The molecular formula is C32H40F2N2O4. The minimum absolute atomic E-state index is 0.0771. The van der Waals surface area contributed by atoms with Crippen molar-refractivity contribution in [3.63, 3.8) is 0 Å². The number of carbonyl (C=O) groups is 3. The summed E-state index contributed by atoms with van der Waals surface area (Å²) in [6.07, 6.45) is 13.3. The molecule has 0 fully saturated rings. The molecule has 4 rings (SSSR count). The van der Waals surface area contributed by atoms with Gasteiger partial charge in [-0.2, -0.15) is 4.39 Å². The van der Waals surface area contributed by atoms with Crippen molar-refractivity contribution < 1.29 is 27.9 Å². The predicted molar refractivity (Wildman–Crippen MR) is 151 cm³/mol. The molecule has 2 aliphatic heterocycles. The number of halogens is 2. The summed E-state index contributed by atoms with van der Waals surface area (Å²) < 4.78 is 33.0. The number of rotatable bonds is 15. The van der Waals surface area contributed by atoms with Crippen molar-refractivity contribution in [2.45, 2.75) is 96.4 Å². The molecule has 0 bridgehead atoms. The SMILES string of the molecule is CC1COc2c(ccc(F)c2F)N1C(=O)CCCCCCCCCCCCCCN1C(=O)c2ccccc2C1=O. The van der Waals surface area contributed by atoms with Gasteiger partial charge < -0.3 is 9.64 Å². The fraction of sp³-hybridized carbons (Fsp3) is 0.531. The van der Waals surface area contributed by atoms with Gasteiger partial charge >= 0.3 is 0 Å². The number of unbranched alkanes of at least 4 members (excludes halogenated alkanes) is 11. The fourth-order valence-electron chi connectivity index (χ4n) is 5.62. The van der Waals surface area contributed by atoms with Crippen molar-refractivity contribution in [1.82, 2.24) is 4.90 Å². The second-order valence-electron chi connectivity index (χ2n) is 10.9. The average Bonchev–Trinajstić information content (AvgIpc) is 3.19. The van der Waals surface area contributed by atoms with Gasteiger partial charge in [-0.05, 0) is 44.0 Å². The lowest BCUT2D eigenvalue weighted by Gasteiger charge is -2.35. The van der Waals surface area contributed by atoms with Crippen LogP contribution in [0.1, 0.15) is 111 Å². The van der Waals surface area contributed by atoms with E-state index in [-0.39, 0.29) is 36.1 Å². The number of ether oxygens (including phenoxy) is 1. The van der Waals surface area contributed by atoms with Gasteiger partial charge in [0.2, 0.25) is 11.7 Å². The van der Waals surface area contributed by atoms with Crippen LogP contribution in [0.5, 0.6) is 5.75 Å². The number of amides is 3. The quantitative estimate of drug-likeness (QED) is 0.169. The van der Waals surface area contributed by atoms with E-state index in [4.69, 9.17) is 4.74 Å². The number of carbonyl (C=O) groups excluding carboxylic acids is 3. The van der Waals surface area contributed by atoms with Crippen molar-refractivity contribution in [3.8, 4) is 5.75 Å². The molecule has 1 atom stereocenters. The molecule has 0 aliphatic carbocycles. The summed E-state index contributed by atoms with van der Waals surface area (Å²) in [6.45, 7) is 2.49. The molecule has 3 amide bonds. The van der Waals surface area contributed by atoms with Gasteiger partial charge in [0, 0.05) is 13.0 Å². The largest absolute Gasteiger partial charge is 0.486 e. The van der Waals surface area contributed by atoms with Crippen LogP contribution in [0.3, 0.4) is 0 Å². The first kappa shape index (κ1) is 29.7. The first-order valence-electron chi connectivity index (χ1n) is 14.8. The first-order chi connectivity index (χ1) is 19.4. The van der Waals surface area contributed by atoms with Gasteiger partial charge in [0.25, 0.3) is 11.8 Å². The van der Waals surface area contributed by atoms with Gasteiger partial charge in [-0.25, -0.2) is 4.39 Å². The molecule has 0 saturated heterocycles. The lowest BCUT2D eigenvalue weighted by Crippen LogP contribution is -2.45. The third kappa shape index (κ3) is 7.07. The number of nitrogens with zero attached hydrogens (tertiary/aromatic N) is 2. The fourth-order valence-corrected chi connectivity index (χ4v) is 5.62. The molecule has 0 saturated carbocycles. The van der Waals surface area contributed by atoms with Crippen LogP contribution < -0.4 is 9.64 Å². The molecule has 0 radical (unpaired) electrons. The maximum Gasteiger partial charge on any atom is 0.261 e. The van der Waals surface area contributed by atoms with Crippen LogP contribution in [0.2, 0.25) is 0 Å². The van der Waals surface area contributed by atoms with E-state index < -0.39 is 11.6 Å². The molecule has 40 heavy (non-hydrogen) atoms. The Morgan fingerprint density at radius 3 is 1.90 bits per heavy atom. The van der Waals surface area contributed by atoms with E-state index in [0.29, 0.717) is 29.8 Å². The molecule has 0 N–H and O–H groups in total. The van der Waals surface area contributed by atoms with E-state index in [1.807, 2.05) is 6.92 Å². The number of imide groups is 1. The summed E-state index contributed by atoms with van der Waals surface area (Å²) >= 11 is 0. The molecule has 0 aromatic heterocycles. The number of hydrogen-bond donors (Lipinski definition) is 0. The number of anilines is 1. The van der Waals surface area contributed by atoms with E-state index in [0.717, 1.165) is 51.0 Å². The topological polar surface area (TPSA) is 66.9 Å². The summed E-state index contributed by atoms with van der Waals surface area (Å²) in [5, 5.41) is 0. The standard InChI is InChI=1S/C32H40F2N2O4/c1-23-22-40-30-27(20-19-26(33)29(30)34)36(23)28(37)18-12-10-8-6-4-2-3-5-7-9-11-15-21-35-31(38)24-16-13-14-17-25(24)32(35)39/h13-14,16-17,19-20,23H,2-12,15,18,21-22H2,1H3. The molecule has 6 nitrogen and oxygen atoms in total. The van der Waals surface area contributed by atoms with Crippen LogP contribution in [0.15, 0.2) is 36.4 Å². The Hall–Kier alpha value is -3.29. The zero-order valence-corrected chi connectivity index (χ0v) is 23.4. The van der Waals surface area contributed by atoms with Crippen LogP contribution in [0.25, 0.3) is 0 Å². The predicted octanol–water partition coefficient (Wildman–Crippen LogP) is 7.45. The van der Waals surface area contributed by atoms with E-state index in [1.54, 1.807) is 29.2 Å². The van der Waals surface area contributed by atoms with E-state index in [2.05, 4.69) is 0 Å². The minimum atomic E-state index is -1.04. The van der Waals surface area contributed by atoms with Crippen LogP contribution in [-0.2, 0) is 4.79 Å². The number of fused-ring (bicyclic) bond motifs is 2. The molecule has 216 valence electrons. The van der Waals surface area contributed by atoms with Crippen molar-refractivity contribution in [1.29, 1.82) is 0 Å². The zero-order chi connectivity index (χ0) is 28.5. The Labute approximate surface area is 235 Å². The Kier molecular flexibility index (Phi) is 10.7. The molecular weight excluding hydrogens is 514 g/mol. The molecule has 8 heteroatoms. The van der Waals surface area contributed by atoms with Crippen molar-refractivity contribution in [3.05, 3.63) is 59.2 Å². The summed E-state index contributed by atoms with van der Waals surface area (Å²) in [6, 6.07) is 9.26. The second kappa shape index (κ2) is 14.4. The highest BCUT2D eigenvalue weighted by molar-refractivity contribution is 6.21. The maximum atomic E-state index is 14.1. The van der Waals surface area contributed by atoms with E-state index in [9.17, 15) is 23.2 Å². The van der Waals surface area contributed by atoms with Gasteiger partial charge in [-0.1, -0.05) is 76.3 Å². The molecule has 2 aromatic rings. The monoisotopic (exact) mass is 554 g/mol. The smallest absolute Gasteiger partial charge is 0.261 e. The van der Waals surface area contributed by atoms with Crippen LogP contribution in [-0.4, -0.2) is 41.8 Å². The highest BCUT2D eigenvalue weighted by Gasteiger charge is 2.34. The summed E-state index contributed by atoms with van der Waals surface area (Å²) in [5.41, 5.74) is 1.35. The van der Waals surface area contributed by atoms with Crippen molar-refractivity contribution in [2.24, 2.45) is 0 Å². The van der Waals surface area contributed by atoms with Crippen molar-refractivity contribution in [2.75, 3.05) is 18.1 Å². The van der Waals surface area contributed by atoms with Gasteiger partial charge in [0.1, 0.15) is 6.61 Å². The highest BCUT2D eigenvalue weighted by Crippen LogP contribution is 2.37. The lowest BCUT2D eigenvalue weighted by atomic mass is 10.0. The third-order valence-corrected chi connectivity index (χ3v) is 7.87. The Bertz CT molecular complexity index is 1170. The van der Waals surface area contributed by atoms with Gasteiger partial charge in [0.15, 0.2) is 11.6 Å². The van der Waals surface area contributed by atoms with Gasteiger partial charge in [-0.15, -0.1) is 0 Å². The van der Waals surface area contributed by atoms with Crippen LogP contribution in [0, 0.1) is 11.6 Å². The molecule has 2 aromatic carbocycles. The highest BCUT2D eigenvalue weighted by atomic mass is 19.2. The maximum absolute atomic E-state index is 14.1. The Balaban J connectivity index is 0.989. The second-order valence-corrected chi connectivity index (χ2v) is 10.9. The van der Waals surface area contributed by atoms with E-state index in [1.165, 1.54) is 43.1 Å². The summed E-state index contributed by atoms with van der Waals surface area (Å²) in [4.78, 5) is 40.5. The molecule has 1 unspecified atom stereocenters.